The Balaban J connectivity index is 1.01. The fourth-order valence-electron chi connectivity index (χ4n) is 6.15. The number of aliphatic hydroxyl groups excluding tert-OH is 1. The largest absolute Gasteiger partial charge is 0.506 e. The fraction of sp³-hybridized carbons (Fsp3) is 0.167. The summed E-state index contributed by atoms with van der Waals surface area (Å²) in [5, 5.41) is 48.7. The van der Waals surface area contributed by atoms with Crippen molar-refractivity contribution in [3.63, 3.8) is 0 Å². The van der Waals surface area contributed by atoms with E-state index < -0.39 is 17.7 Å². The van der Waals surface area contributed by atoms with Gasteiger partial charge in [0.2, 0.25) is 11.2 Å². The van der Waals surface area contributed by atoms with Crippen molar-refractivity contribution in [3.05, 3.63) is 171 Å². The highest BCUT2D eigenvalue weighted by atomic mass is 16.5. The molecule has 2 atom stereocenters. The number of phenolic OH excluding ortho intramolecular Hbond substituents is 1. The van der Waals surface area contributed by atoms with E-state index in [1.807, 2.05) is 24.3 Å². The number of aliphatic carboxylic acids is 1. The van der Waals surface area contributed by atoms with E-state index in [2.05, 4.69) is 15.6 Å². The quantitative estimate of drug-likeness (QED) is 0.0766. The molecule has 0 aliphatic heterocycles. The highest BCUT2D eigenvalue weighted by molar-refractivity contribution is 5.97. The van der Waals surface area contributed by atoms with Crippen LogP contribution in [0.4, 0.5) is 0 Å². The molecule has 7 N–H and O–H groups in total. The van der Waals surface area contributed by atoms with Gasteiger partial charge < -0.3 is 45.5 Å². The second-order valence-electron chi connectivity index (χ2n) is 12.7. The standard InChI is InChI=1S/C42H39N3O9/c1-53-37-20-28(22-43-24-36(47)32-16-18-35(46)39-33(32)17-19-38(48)45-39)14-15-34(37)40(49)44-23-26-10-12-27(13-11-26)25-54-31-9-5-8-30(21-31)42(52,41(50)51)29-6-3-2-4-7-29/h2-21,36,43,46-47,52H,22-25H2,1H3,(H,44,49)(H,45,48)(H,50,51)/t36-,42-/m0/s1. The van der Waals surface area contributed by atoms with E-state index in [0.29, 0.717) is 34.6 Å². The lowest BCUT2D eigenvalue weighted by atomic mass is 9.86. The highest BCUT2D eigenvalue weighted by Crippen LogP contribution is 2.33. The maximum atomic E-state index is 13.1. The van der Waals surface area contributed by atoms with Crippen LogP contribution in [-0.4, -0.2) is 50.9 Å². The van der Waals surface area contributed by atoms with Crippen LogP contribution in [0.2, 0.25) is 0 Å². The second-order valence-corrected chi connectivity index (χ2v) is 12.7. The number of carboxylic acids is 1. The van der Waals surface area contributed by atoms with Crippen LogP contribution in [0.1, 0.15) is 49.8 Å². The lowest BCUT2D eigenvalue weighted by Crippen LogP contribution is -2.36. The number of H-pyrrole nitrogens is 1. The maximum Gasteiger partial charge on any atom is 0.345 e. The maximum absolute atomic E-state index is 13.1. The molecule has 0 fully saturated rings. The van der Waals surface area contributed by atoms with Gasteiger partial charge in [-0.3, -0.25) is 9.59 Å². The van der Waals surface area contributed by atoms with E-state index in [4.69, 9.17) is 9.47 Å². The van der Waals surface area contributed by atoms with E-state index >= 15 is 0 Å². The molecule has 0 radical (unpaired) electrons. The van der Waals surface area contributed by atoms with Gasteiger partial charge in [0.05, 0.1) is 24.3 Å². The molecular formula is C42H39N3O9. The molecule has 0 saturated heterocycles. The van der Waals surface area contributed by atoms with Crippen molar-refractivity contribution >= 4 is 22.8 Å². The first-order chi connectivity index (χ1) is 26.1. The van der Waals surface area contributed by atoms with Crippen molar-refractivity contribution < 1.29 is 39.5 Å². The normalized spacial score (nSPS) is 12.8. The number of nitrogens with one attached hydrogen (secondary N) is 3. The van der Waals surface area contributed by atoms with Crippen LogP contribution in [0.15, 0.2) is 126 Å². The van der Waals surface area contributed by atoms with Crippen LogP contribution in [0, 0.1) is 0 Å². The Bertz CT molecular complexity index is 2330. The molecule has 5 aromatic carbocycles. The number of carbonyl (C=O) groups excluding carboxylic acids is 1. The molecule has 12 nitrogen and oxygen atoms in total. The molecule has 0 saturated carbocycles. The number of aromatic nitrogens is 1. The first kappa shape index (κ1) is 37.3. The molecule has 0 spiro atoms. The van der Waals surface area contributed by atoms with Crippen LogP contribution >= 0.6 is 0 Å². The highest BCUT2D eigenvalue weighted by Gasteiger charge is 2.40. The van der Waals surface area contributed by atoms with Gasteiger partial charge in [0.1, 0.15) is 23.9 Å². The third-order valence-corrected chi connectivity index (χ3v) is 9.08. The number of aliphatic hydroxyl groups is 2. The van der Waals surface area contributed by atoms with Crippen molar-refractivity contribution in [2.24, 2.45) is 0 Å². The first-order valence-corrected chi connectivity index (χ1v) is 17.1. The summed E-state index contributed by atoms with van der Waals surface area (Å²) in [6.45, 7) is 1.02. The third-order valence-electron chi connectivity index (χ3n) is 9.08. The average Bonchev–Trinajstić information content (AvgIpc) is 3.19. The number of fused-ring (bicyclic) bond motifs is 1. The number of phenols is 1. The summed E-state index contributed by atoms with van der Waals surface area (Å²) in [5.74, 6) is -1.00. The number of aromatic hydroxyl groups is 1. The summed E-state index contributed by atoms with van der Waals surface area (Å²) in [7, 11) is 1.49. The van der Waals surface area contributed by atoms with Crippen LogP contribution in [0.3, 0.4) is 0 Å². The van der Waals surface area contributed by atoms with Gasteiger partial charge in [0.15, 0.2) is 0 Å². The summed E-state index contributed by atoms with van der Waals surface area (Å²) in [6.07, 6.45) is -0.918. The van der Waals surface area contributed by atoms with Crippen molar-refractivity contribution in [1.82, 2.24) is 15.6 Å². The van der Waals surface area contributed by atoms with Crippen molar-refractivity contribution in [2.75, 3.05) is 13.7 Å². The van der Waals surface area contributed by atoms with E-state index in [1.165, 1.54) is 25.3 Å². The minimum atomic E-state index is -2.24. The summed E-state index contributed by atoms with van der Waals surface area (Å²) in [4.78, 5) is 39.6. The number of carbonyl (C=O) groups is 2. The van der Waals surface area contributed by atoms with Crippen molar-refractivity contribution in [2.45, 2.75) is 31.4 Å². The number of pyridine rings is 1. The van der Waals surface area contributed by atoms with Gasteiger partial charge in [0.25, 0.3) is 5.91 Å². The molecule has 12 heteroatoms. The predicted molar refractivity (Wildman–Crippen MR) is 201 cm³/mol. The van der Waals surface area contributed by atoms with E-state index in [0.717, 1.165) is 16.7 Å². The lowest BCUT2D eigenvalue weighted by Gasteiger charge is -2.25. The summed E-state index contributed by atoms with van der Waals surface area (Å²) in [5.41, 5.74) is 1.52. The number of methoxy groups -OCH3 is 1. The molecule has 6 aromatic rings. The summed E-state index contributed by atoms with van der Waals surface area (Å²) >= 11 is 0. The Kier molecular flexibility index (Phi) is 11.4. The minimum Gasteiger partial charge on any atom is -0.506 e. The van der Waals surface area contributed by atoms with Crippen LogP contribution in [0.25, 0.3) is 10.9 Å². The molecule has 1 aromatic heterocycles. The lowest BCUT2D eigenvalue weighted by molar-refractivity contribution is -0.155. The monoisotopic (exact) mass is 729 g/mol. The Morgan fingerprint density at radius 3 is 2.28 bits per heavy atom. The average molecular weight is 730 g/mol. The molecule has 0 aliphatic carbocycles. The Morgan fingerprint density at radius 1 is 0.815 bits per heavy atom. The van der Waals surface area contributed by atoms with Crippen molar-refractivity contribution in [3.8, 4) is 17.2 Å². The molecule has 276 valence electrons. The molecule has 0 unspecified atom stereocenters. The Morgan fingerprint density at radius 2 is 1.54 bits per heavy atom. The predicted octanol–water partition coefficient (Wildman–Crippen LogP) is 4.90. The SMILES string of the molecule is COc1cc(CNC[C@H](O)c2ccc(O)c3[nH]c(=O)ccc23)ccc1C(=O)NCc1ccc(COc2cccc([C@](O)(C(=O)O)c3ccccc3)c2)cc1. The Labute approximate surface area is 310 Å². The third kappa shape index (κ3) is 8.26. The minimum absolute atomic E-state index is 0.0804. The number of hydrogen-bond donors (Lipinski definition) is 7. The molecule has 1 heterocycles. The van der Waals surface area contributed by atoms with Crippen LogP contribution in [0.5, 0.6) is 17.2 Å². The molecule has 0 aliphatic rings. The van der Waals surface area contributed by atoms with Crippen LogP contribution < -0.4 is 25.7 Å². The molecule has 6 rings (SSSR count). The van der Waals surface area contributed by atoms with Gasteiger partial charge in [-0.15, -0.1) is 0 Å². The fourth-order valence-corrected chi connectivity index (χ4v) is 6.15. The second kappa shape index (κ2) is 16.5. The zero-order chi connectivity index (χ0) is 38.2. The van der Waals surface area contributed by atoms with Gasteiger partial charge in [-0.25, -0.2) is 4.79 Å². The topological polar surface area (TPSA) is 190 Å². The number of aromatic amines is 1. The Hall–Kier alpha value is -6.47. The number of carboxylic acid groups (broad SMARTS) is 1. The van der Waals surface area contributed by atoms with Crippen molar-refractivity contribution in [1.29, 1.82) is 0 Å². The van der Waals surface area contributed by atoms with Gasteiger partial charge in [-0.05, 0) is 64.2 Å². The number of rotatable bonds is 15. The number of ether oxygens (including phenoxy) is 2. The summed E-state index contributed by atoms with van der Waals surface area (Å²) in [6, 6.07) is 33.2. The number of amides is 1. The molecule has 0 bridgehead atoms. The molecule has 1 amide bonds. The first-order valence-electron chi connectivity index (χ1n) is 17.1. The number of hydrogen-bond acceptors (Lipinski definition) is 9. The van der Waals surface area contributed by atoms with Gasteiger partial charge in [-0.2, -0.15) is 0 Å². The zero-order valence-electron chi connectivity index (χ0n) is 29.3. The molecule has 54 heavy (non-hydrogen) atoms. The van der Waals surface area contributed by atoms with E-state index in [9.17, 15) is 34.8 Å². The number of benzene rings is 5. The smallest absolute Gasteiger partial charge is 0.345 e. The van der Waals surface area contributed by atoms with Gasteiger partial charge in [-0.1, -0.05) is 78.9 Å². The summed E-state index contributed by atoms with van der Waals surface area (Å²) < 4.78 is 11.4. The van der Waals surface area contributed by atoms with E-state index in [-0.39, 0.29) is 53.6 Å². The van der Waals surface area contributed by atoms with E-state index in [1.54, 1.807) is 78.9 Å². The van der Waals surface area contributed by atoms with Gasteiger partial charge in [0, 0.05) is 36.7 Å². The zero-order valence-corrected chi connectivity index (χ0v) is 29.3. The molecular weight excluding hydrogens is 690 g/mol. The van der Waals surface area contributed by atoms with Gasteiger partial charge >= 0.3 is 5.97 Å². The van der Waals surface area contributed by atoms with Crippen LogP contribution in [-0.2, 0) is 30.1 Å².